The molecule has 0 rings (SSSR count). The van der Waals surface area contributed by atoms with Crippen molar-refractivity contribution >= 4 is 39.5 Å². The van der Waals surface area contributed by atoms with Crippen LogP contribution in [0.15, 0.2) is 0 Å². The van der Waals surface area contributed by atoms with E-state index in [1.165, 1.54) is 212 Å². The Bertz CT molecular complexity index is 1840. The van der Waals surface area contributed by atoms with Crippen molar-refractivity contribution in [2.24, 2.45) is 11.8 Å². The highest BCUT2D eigenvalue weighted by Crippen LogP contribution is 2.45. The van der Waals surface area contributed by atoms with Crippen LogP contribution in [0.3, 0.4) is 0 Å². The Morgan fingerprint density at radius 3 is 0.800 bits per heavy atom. The van der Waals surface area contributed by atoms with Gasteiger partial charge in [-0.15, -0.1) is 0 Å². The van der Waals surface area contributed by atoms with Crippen LogP contribution in [0.1, 0.15) is 395 Å². The largest absolute Gasteiger partial charge is 0.472 e. The van der Waals surface area contributed by atoms with E-state index in [-0.39, 0.29) is 25.7 Å². The number of aliphatic hydroxyl groups is 1. The molecule has 0 aliphatic rings. The minimum Gasteiger partial charge on any atom is -0.462 e. The first kappa shape index (κ1) is 93.1. The Morgan fingerprint density at radius 2 is 0.537 bits per heavy atom. The van der Waals surface area contributed by atoms with Gasteiger partial charge in [-0.05, 0) is 37.5 Å². The highest BCUT2D eigenvalue weighted by atomic mass is 31.2. The summed E-state index contributed by atoms with van der Waals surface area (Å²) >= 11 is 0. The minimum absolute atomic E-state index is 0.105. The van der Waals surface area contributed by atoms with Gasteiger partial charge in [-0.25, -0.2) is 9.13 Å². The topological polar surface area (TPSA) is 237 Å². The van der Waals surface area contributed by atoms with Crippen LogP contribution < -0.4 is 0 Å². The van der Waals surface area contributed by atoms with Crippen LogP contribution in [0.4, 0.5) is 0 Å². The van der Waals surface area contributed by atoms with E-state index in [1.54, 1.807) is 0 Å². The van der Waals surface area contributed by atoms with Gasteiger partial charge in [-0.1, -0.05) is 343 Å². The average molecular weight is 1400 g/mol. The minimum atomic E-state index is -4.96. The van der Waals surface area contributed by atoms with Gasteiger partial charge in [0.2, 0.25) is 0 Å². The molecule has 564 valence electrons. The predicted octanol–water partition coefficient (Wildman–Crippen LogP) is 22.3. The Balaban J connectivity index is 5.23. The van der Waals surface area contributed by atoms with Crippen molar-refractivity contribution in [1.29, 1.82) is 0 Å². The van der Waals surface area contributed by atoms with Crippen LogP contribution in [0.2, 0.25) is 0 Å². The van der Waals surface area contributed by atoms with Gasteiger partial charge < -0.3 is 33.8 Å². The van der Waals surface area contributed by atoms with Gasteiger partial charge in [-0.2, -0.15) is 0 Å². The maximum atomic E-state index is 13.1. The first-order chi connectivity index (χ1) is 45.9. The zero-order valence-corrected chi connectivity index (χ0v) is 63.8. The van der Waals surface area contributed by atoms with Crippen LogP contribution in [0, 0.1) is 11.8 Å². The maximum absolute atomic E-state index is 13.1. The molecule has 0 heterocycles. The third kappa shape index (κ3) is 69.0. The molecule has 0 fully saturated rings. The summed E-state index contributed by atoms with van der Waals surface area (Å²) < 4.78 is 68.5. The molecule has 0 aliphatic heterocycles. The lowest BCUT2D eigenvalue weighted by atomic mass is 9.99. The van der Waals surface area contributed by atoms with E-state index in [0.717, 1.165) is 102 Å². The van der Waals surface area contributed by atoms with E-state index in [4.69, 9.17) is 37.0 Å². The molecule has 0 saturated carbocycles. The summed E-state index contributed by atoms with van der Waals surface area (Å²) in [5.74, 6) is -0.556. The Kier molecular flexibility index (Phi) is 66.5. The second-order valence-electron chi connectivity index (χ2n) is 28.1. The van der Waals surface area contributed by atoms with Crippen molar-refractivity contribution in [3.63, 3.8) is 0 Å². The molecule has 0 bridgehead atoms. The first-order valence-electron chi connectivity index (χ1n) is 39.5. The molecule has 0 aromatic carbocycles. The Hall–Kier alpha value is -1.94. The number of hydrogen-bond donors (Lipinski definition) is 3. The number of unbranched alkanes of at least 4 members (excludes halogenated alkanes) is 44. The molecule has 0 aromatic heterocycles. The van der Waals surface area contributed by atoms with Gasteiger partial charge in [-0.3, -0.25) is 37.3 Å². The molecule has 17 nitrogen and oxygen atoms in total. The van der Waals surface area contributed by atoms with Crippen molar-refractivity contribution in [3.05, 3.63) is 0 Å². The lowest BCUT2D eigenvalue weighted by molar-refractivity contribution is -0.161. The van der Waals surface area contributed by atoms with Gasteiger partial charge in [0.15, 0.2) is 12.2 Å². The standard InChI is InChI=1S/C76H148O17P2/c1-7-10-12-14-16-18-19-20-21-22-23-24-27-31-35-42-48-54-60-75(80)92-71(65-87-74(79)59-53-47-41-34-30-28-25-26-29-33-38-44-50-56-68(4)5)66-90-94(82,83)88-62-70(77)63-89-95(84,85)91-67-72(64-86-73(78)58-52-46-40-32-17-15-13-11-8-2)93-76(81)61-55-49-43-37-36-39-45-51-57-69(6)9-3/h68-72,77H,7-67H2,1-6H3,(H,82,83)(H,84,85)/t69?,70-,71-,72-/m1/s1. The molecule has 0 radical (unpaired) electrons. The first-order valence-corrected chi connectivity index (χ1v) is 42.5. The van der Waals surface area contributed by atoms with E-state index < -0.39 is 97.5 Å². The van der Waals surface area contributed by atoms with Gasteiger partial charge in [0.05, 0.1) is 26.4 Å². The normalized spacial score (nSPS) is 14.3. The predicted molar refractivity (Wildman–Crippen MR) is 386 cm³/mol. The van der Waals surface area contributed by atoms with Crippen LogP contribution in [0.5, 0.6) is 0 Å². The smallest absolute Gasteiger partial charge is 0.462 e. The number of esters is 4. The molecule has 0 spiro atoms. The highest BCUT2D eigenvalue weighted by Gasteiger charge is 2.30. The zero-order valence-electron chi connectivity index (χ0n) is 62.0. The number of aliphatic hydroxyl groups excluding tert-OH is 1. The van der Waals surface area contributed by atoms with E-state index in [0.29, 0.717) is 25.7 Å². The number of carbonyl (C=O) groups is 4. The third-order valence-electron chi connectivity index (χ3n) is 18.1. The number of phosphoric acid groups is 2. The average Bonchev–Trinajstić information content (AvgIpc) is 1.19. The second kappa shape index (κ2) is 67.9. The quantitative estimate of drug-likeness (QED) is 0.0222. The summed E-state index contributed by atoms with van der Waals surface area (Å²) in [7, 11) is -9.91. The summed E-state index contributed by atoms with van der Waals surface area (Å²) in [6.45, 7) is 9.60. The maximum Gasteiger partial charge on any atom is 0.472 e. The summed E-state index contributed by atoms with van der Waals surface area (Å²) in [6.07, 6.45) is 55.4. The molecule has 0 amide bonds. The molecule has 3 unspecified atom stereocenters. The van der Waals surface area contributed by atoms with Gasteiger partial charge in [0.25, 0.3) is 0 Å². The number of ether oxygens (including phenoxy) is 4. The van der Waals surface area contributed by atoms with Crippen LogP contribution >= 0.6 is 15.6 Å². The summed E-state index contributed by atoms with van der Waals surface area (Å²) in [5.41, 5.74) is 0. The number of hydrogen-bond acceptors (Lipinski definition) is 15. The second-order valence-corrected chi connectivity index (χ2v) is 31.0. The van der Waals surface area contributed by atoms with E-state index in [2.05, 4.69) is 41.5 Å². The van der Waals surface area contributed by atoms with Crippen molar-refractivity contribution in [1.82, 2.24) is 0 Å². The van der Waals surface area contributed by atoms with Crippen molar-refractivity contribution in [2.75, 3.05) is 39.6 Å². The monoisotopic (exact) mass is 1400 g/mol. The van der Waals surface area contributed by atoms with Crippen LogP contribution in [-0.4, -0.2) is 96.7 Å². The third-order valence-corrected chi connectivity index (χ3v) is 20.0. The molecular weight excluding hydrogens is 1250 g/mol. The fraction of sp³-hybridized carbons (Fsp3) is 0.947. The molecule has 19 heteroatoms. The van der Waals surface area contributed by atoms with E-state index in [1.807, 2.05) is 0 Å². The number of phosphoric ester groups is 2. The van der Waals surface area contributed by atoms with Crippen LogP contribution in [0.25, 0.3) is 0 Å². The fourth-order valence-corrected chi connectivity index (χ4v) is 13.2. The molecule has 0 aliphatic carbocycles. The SMILES string of the molecule is CCCCCCCCCCCCCCCCCCCCC(=O)O[C@H](COC(=O)CCCCCCCCCCCCCCCC(C)C)COP(=O)(O)OC[C@@H](O)COP(=O)(O)OC[C@@H](COC(=O)CCCCCCCCCCC)OC(=O)CCCCCCCCCCC(C)CC. The van der Waals surface area contributed by atoms with E-state index >= 15 is 0 Å². The summed E-state index contributed by atoms with van der Waals surface area (Å²) in [6, 6.07) is 0. The van der Waals surface area contributed by atoms with Crippen molar-refractivity contribution in [3.8, 4) is 0 Å². The fourth-order valence-electron chi connectivity index (χ4n) is 11.6. The van der Waals surface area contributed by atoms with Gasteiger partial charge in [0, 0.05) is 25.7 Å². The molecular formula is C76H148O17P2. The molecule has 0 aromatic rings. The molecule has 0 saturated heterocycles. The zero-order chi connectivity index (χ0) is 70.0. The van der Waals surface area contributed by atoms with Gasteiger partial charge >= 0.3 is 39.5 Å². The van der Waals surface area contributed by atoms with E-state index in [9.17, 15) is 43.2 Å². The van der Waals surface area contributed by atoms with Crippen molar-refractivity contribution in [2.45, 2.75) is 413 Å². The highest BCUT2D eigenvalue weighted by molar-refractivity contribution is 7.47. The lowest BCUT2D eigenvalue weighted by Crippen LogP contribution is -2.30. The van der Waals surface area contributed by atoms with Crippen molar-refractivity contribution < 1.29 is 80.2 Å². The molecule has 95 heavy (non-hydrogen) atoms. The number of rotatable bonds is 75. The lowest BCUT2D eigenvalue weighted by Gasteiger charge is -2.21. The molecule has 3 N–H and O–H groups in total. The Labute approximate surface area is 581 Å². The van der Waals surface area contributed by atoms with Gasteiger partial charge in [0.1, 0.15) is 19.3 Å². The summed E-state index contributed by atoms with van der Waals surface area (Å²) in [5, 5.41) is 10.6. The summed E-state index contributed by atoms with van der Waals surface area (Å²) in [4.78, 5) is 72.8. The Morgan fingerprint density at radius 1 is 0.305 bits per heavy atom. The number of carbonyl (C=O) groups excluding carboxylic acids is 4. The molecule has 6 atom stereocenters. The van der Waals surface area contributed by atoms with Crippen LogP contribution in [-0.2, 0) is 65.4 Å².